The van der Waals surface area contributed by atoms with E-state index in [-0.39, 0.29) is 42.9 Å². The van der Waals surface area contributed by atoms with Crippen molar-refractivity contribution < 1.29 is 18.0 Å². The molecule has 5 rings (SSSR count). The molecule has 1 fully saturated rings. The summed E-state index contributed by atoms with van der Waals surface area (Å²) in [5.74, 6) is -0.656. The van der Waals surface area contributed by atoms with E-state index in [1.165, 1.54) is 20.5 Å². The Morgan fingerprint density at radius 1 is 0.946 bits per heavy atom. The van der Waals surface area contributed by atoms with Crippen LogP contribution >= 0.6 is 11.3 Å². The third-order valence-corrected chi connectivity index (χ3v) is 9.51. The van der Waals surface area contributed by atoms with Gasteiger partial charge in [0.25, 0.3) is 5.91 Å². The van der Waals surface area contributed by atoms with E-state index < -0.39 is 16.1 Å². The zero-order valence-corrected chi connectivity index (χ0v) is 22.0. The molecule has 9 heteroatoms. The molecule has 0 aliphatic carbocycles. The van der Waals surface area contributed by atoms with Crippen molar-refractivity contribution in [1.29, 1.82) is 0 Å². The zero-order valence-electron chi connectivity index (χ0n) is 20.3. The lowest BCUT2D eigenvalue weighted by Gasteiger charge is -2.39. The third-order valence-electron chi connectivity index (χ3n) is 6.63. The van der Waals surface area contributed by atoms with Gasteiger partial charge in [-0.15, -0.1) is 11.3 Å². The van der Waals surface area contributed by atoms with Gasteiger partial charge in [0, 0.05) is 26.2 Å². The van der Waals surface area contributed by atoms with Gasteiger partial charge in [0.2, 0.25) is 15.9 Å². The number of fused-ring (bicyclic) bond motifs is 1. The average Bonchev–Trinajstić information content (AvgIpc) is 3.46. The first-order chi connectivity index (χ1) is 17.8. The summed E-state index contributed by atoms with van der Waals surface area (Å²) in [5, 5.41) is 6.91. The molecular weight excluding hydrogens is 506 g/mol. The molecule has 0 saturated carbocycles. The molecule has 0 radical (unpaired) electrons. The molecule has 190 valence electrons. The number of nitrogens with one attached hydrogen (secondary N) is 1. The average molecular weight is 534 g/mol. The molecule has 7 nitrogen and oxygen atoms in total. The second kappa shape index (κ2) is 10.5. The maximum Gasteiger partial charge on any atom is 0.264 e. The first-order valence-electron chi connectivity index (χ1n) is 12.0. The number of amides is 2. The highest BCUT2D eigenvalue weighted by Crippen LogP contribution is 2.25. The predicted molar refractivity (Wildman–Crippen MR) is 145 cm³/mol. The molecule has 0 bridgehead atoms. The van der Waals surface area contributed by atoms with E-state index in [9.17, 15) is 18.0 Å². The van der Waals surface area contributed by atoms with Crippen molar-refractivity contribution in [3.8, 4) is 0 Å². The lowest BCUT2D eigenvalue weighted by atomic mass is 10.1. The molecular formula is C28H27N3O4S2. The molecule has 1 unspecified atom stereocenters. The molecule has 37 heavy (non-hydrogen) atoms. The number of carbonyl (C=O) groups is 2. The van der Waals surface area contributed by atoms with E-state index in [1.54, 1.807) is 48.7 Å². The van der Waals surface area contributed by atoms with Crippen molar-refractivity contribution in [3.05, 3.63) is 100 Å². The molecule has 2 amide bonds. The van der Waals surface area contributed by atoms with Gasteiger partial charge in [-0.25, -0.2) is 8.42 Å². The van der Waals surface area contributed by atoms with Crippen molar-refractivity contribution in [3.63, 3.8) is 0 Å². The second-order valence-corrected chi connectivity index (χ2v) is 11.9. The number of carbonyl (C=O) groups excluding carboxylic acids is 2. The first kappa shape index (κ1) is 25.1. The van der Waals surface area contributed by atoms with Gasteiger partial charge in [-0.3, -0.25) is 9.59 Å². The standard InChI is InChI=1S/C28H27N3O4S2/c1-20-7-2-5-11-26(20)37(34,35)30-14-15-31(28(33)25-10-6-16-36-25)24(19-30)27(32)29-18-21-12-13-22-8-3-4-9-23(22)17-21/h2-13,16-17,24H,14-15,18-19H2,1H3,(H,29,32). The van der Waals surface area contributed by atoms with Crippen molar-refractivity contribution >= 4 is 43.9 Å². The summed E-state index contributed by atoms with van der Waals surface area (Å²) >= 11 is 1.30. The van der Waals surface area contributed by atoms with Crippen LogP contribution in [0.15, 0.2) is 89.1 Å². The van der Waals surface area contributed by atoms with E-state index in [1.807, 2.05) is 42.5 Å². The van der Waals surface area contributed by atoms with Gasteiger partial charge in [-0.1, -0.05) is 60.7 Å². The maximum atomic E-state index is 13.5. The maximum absolute atomic E-state index is 13.5. The Hall–Kier alpha value is -3.53. The number of benzene rings is 3. The summed E-state index contributed by atoms with van der Waals surface area (Å²) < 4.78 is 28.3. The van der Waals surface area contributed by atoms with Gasteiger partial charge >= 0.3 is 0 Å². The summed E-state index contributed by atoms with van der Waals surface area (Å²) in [6, 6.07) is 23.3. The Morgan fingerprint density at radius 2 is 1.70 bits per heavy atom. The normalized spacial score (nSPS) is 16.6. The van der Waals surface area contributed by atoms with Gasteiger partial charge in [-0.05, 0) is 52.4 Å². The van der Waals surface area contributed by atoms with Gasteiger partial charge in [0.15, 0.2) is 0 Å². The van der Waals surface area contributed by atoms with E-state index in [4.69, 9.17) is 0 Å². The van der Waals surface area contributed by atoms with Crippen LogP contribution in [-0.2, 0) is 21.4 Å². The molecule has 4 aromatic rings. The van der Waals surface area contributed by atoms with E-state index in [2.05, 4.69) is 5.32 Å². The van der Waals surface area contributed by atoms with Gasteiger partial charge < -0.3 is 10.2 Å². The van der Waals surface area contributed by atoms with E-state index in [0.717, 1.165) is 16.3 Å². The molecule has 1 aromatic heterocycles. The molecule has 1 N–H and O–H groups in total. The molecule has 1 saturated heterocycles. The largest absolute Gasteiger partial charge is 0.350 e. The van der Waals surface area contributed by atoms with Crippen LogP contribution < -0.4 is 5.32 Å². The Bertz CT molecular complexity index is 1550. The minimum atomic E-state index is -3.84. The Morgan fingerprint density at radius 3 is 2.46 bits per heavy atom. The topological polar surface area (TPSA) is 86.8 Å². The van der Waals surface area contributed by atoms with E-state index >= 15 is 0 Å². The number of hydrogen-bond acceptors (Lipinski definition) is 5. The quantitative estimate of drug-likeness (QED) is 0.405. The first-order valence-corrected chi connectivity index (χ1v) is 14.3. The van der Waals surface area contributed by atoms with Crippen LogP contribution in [0.5, 0.6) is 0 Å². The summed E-state index contributed by atoms with van der Waals surface area (Å²) in [5.41, 5.74) is 1.56. The number of thiophene rings is 1. The van der Waals surface area contributed by atoms with Crippen molar-refractivity contribution in [2.75, 3.05) is 19.6 Å². The molecule has 1 aliphatic heterocycles. The van der Waals surface area contributed by atoms with Crippen LogP contribution in [0.3, 0.4) is 0 Å². The second-order valence-electron chi connectivity index (χ2n) is 9.02. The van der Waals surface area contributed by atoms with Crippen LogP contribution in [0.4, 0.5) is 0 Å². The summed E-state index contributed by atoms with van der Waals surface area (Å²) in [4.78, 5) is 29.0. The number of sulfonamides is 1. The highest BCUT2D eigenvalue weighted by atomic mass is 32.2. The van der Waals surface area contributed by atoms with Gasteiger partial charge in [-0.2, -0.15) is 4.31 Å². The van der Waals surface area contributed by atoms with Gasteiger partial charge in [0.1, 0.15) is 6.04 Å². The molecule has 0 spiro atoms. The number of nitrogens with zero attached hydrogens (tertiary/aromatic N) is 2. The molecule has 2 heterocycles. The highest BCUT2D eigenvalue weighted by molar-refractivity contribution is 7.89. The predicted octanol–water partition coefficient (Wildman–Crippen LogP) is 4.04. The number of aryl methyl sites for hydroxylation is 1. The summed E-state index contributed by atoms with van der Waals surface area (Å²) in [7, 11) is -3.84. The third kappa shape index (κ3) is 5.16. The Labute approximate surface area is 220 Å². The van der Waals surface area contributed by atoms with Crippen molar-refractivity contribution in [1.82, 2.24) is 14.5 Å². The number of rotatable bonds is 6. The fraction of sp³-hybridized carbons (Fsp3) is 0.214. The minimum absolute atomic E-state index is 0.113. The zero-order chi connectivity index (χ0) is 26.0. The molecule has 1 aliphatic rings. The number of piperazine rings is 1. The van der Waals surface area contributed by atoms with Crippen LogP contribution in [0.1, 0.15) is 20.8 Å². The fourth-order valence-corrected chi connectivity index (χ4v) is 6.97. The van der Waals surface area contributed by atoms with E-state index in [0.29, 0.717) is 10.4 Å². The summed E-state index contributed by atoms with van der Waals surface area (Å²) in [6.07, 6.45) is 0. The minimum Gasteiger partial charge on any atom is -0.350 e. The lowest BCUT2D eigenvalue weighted by Crippen LogP contribution is -2.61. The smallest absolute Gasteiger partial charge is 0.264 e. The Kier molecular flexibility index (Phi) is 7.10. The van der Waals surface area contributed by atoms with Crippen LogP contribution in [-0.4, -0.2) is 55.1 Å². The Balaban J connectivity index is 1.39. The van der Waals surface area contributed by atoms with Crippen LogP contribution in [0.25, 0.3) is 10.8 Å². The fourth-order valence-electron chi connectivity index (χ4n) is 4.63. The van der Waals surface area contributed by atoms with Crippen LogP contribution in [0.2, 0.25) is 0 Å². The SMILES string of the molecule is Cc1ccccc1S(=O)(=O)N1CCN(C(=O)c2cccs2)C(C(=O)NCc2ccc3ccccc3c2)C1. The molecule has 1 atom stereocenters. The molecule has 3 aromatic carbocycles. The number of hydrogen-bond donors (Lipinski definition) is 1. The monoisotopic (exact) mass is 533 g/mol. The van der Waals surface area contributed by atoms with Crippen LogP contribution in [0, 0.1) is 6.92 Å². The van der Waals surface area contributed by atoms with Crippen molar-refractivity contribution in [2.45, 2.75) is 24.4 Å². The van der Waals surface area contributed by atoms with Crippen molar-refractivity contribution in [2.24, 2.45) is 0 Å². The van der Waals surface area contributed by atoms with Gasteiger partial charge in [0.05, 0.1) is 9.77 Å². The lowest BCUT2D eigenvalue weighted by molar-refractivity contribution is -0.127. The highest BCUT2D eigenvalue weighted by Gasteiger charge is 2.40. The summed E-state index contributed by atoms with van der Waals surface area (Å²) in [6.45, 7) is 2.14.